The summed E-state index contributed by atoms with van der Waals surface area (Å²) in [6.07, 6.45) is 2.39. The van der Waals surface area contributed by atoms with Crippen LogP contribution < -0.4 is 5.32 Å². The Balaban J connectivity index is 0.000000218. The minimum atomic E-state index is -0.329. The first-order chi connectivity index (χ1) is 5.20. The lowest BCUT2D eigenvalue weighted by Crippen LogP contribution is -2.19. The molecule has 1 N–H and O–H groups in total. The lowest BCUT2D eigenvalue weighted by atomic mass is 10.6. The van der Waals surface area contributed by atoms with Crippen LogP contribution in [-0.2, 0) is 19.1 Å². The Kier molecular flexibility index (Phi) is 4.39. The van der Waals surface area contributed by atoms with Crippen molar-refractivity contribution in [2.24, 2.45) is 0 Å². The number of rotatable bonds is 1. The second-order valence-electron chi connectivity index (χ2n) is 1.52. The molecule has 0 fully saturated rings. The molecule has 0 aromatic carbocycles. The highest BCUT2D eigenvalue weighted by atomic mass is 16.5. The quantitative estimate of drug-likeness (QED) is 0.391. The molecule has 1 rings (SSSR count). The van der Waals surface area contributed by atoms with Gasteiger partial charge in [-0.25, -0.2) is 0 Å². The number of amides is 2. The van der Waals surface area contributed by atoms with E-state index >= 15 is 0 Å². The number of carbonyl (C=O) groups is 3. The highest BCUT2D eigenvalue weighted by Gasteiger charge is 2.06. The molecule has 1 heterocycles. The van der Waals surface area contributed by atoms with E-state index in [1.165, 1.54) is 19.3 Å². The van der Waals surface area contributed by atoms with E-state index in [1.807, 2.05) is 5.32 Å². The zero-order valence-electron chi connectivity index (χ0n) is 5.87. The number of ether oxygens (including phenoxy) is 1. The van der Waals surface area contributed by atoms with E-state index in [9.17, 15) is 9.59 Å². The van der Waals surface area contributed by atoms with Crippen molar-refractivity contribution in [2.45, 2.75) is 0 Å². The predicted octanol–water partition coefficient (Wildman–Crippen LogP) is -1.01. The summed E-state index contributed by atoms with van der Waals surface area (Å²) in [5, 5.41) is 2.03. The molecule has 11 heavy (non-hydrogen) atoms. The third-order valence-corrected chi connectivity index (χ3v) is 0.729. The molecule has 0 radical (unpaired) electrons. The average molecular weight is 157 g/mol. The fourth-order valence-corrected chi connectivity index (χ4v) is 0.356. The molecule has 0 bridgehead atoms. The van der Waals surface area contributed by atoms with E-state index in [2.05, 4.69) is 4.74 Å². The van der Waals surface area contributed by atoms with E-state index in [4.69, 9.17) is 4.79 Å². The molecule has 0 aromatic heterocycles. The number of hydrogen-bond acceptors (Lipinski definition) is 4. The highest BCUT2D eigenvalue weighted by molar-refractivity contribution is 6.12. The van der Waals surface area contributed by atoms with Gasteiger partial charge in [-0.2, -0.15) is 0 Å². The van der Waals surface area contributed by atoms with Crippen LogP contribution >= 0.6 is 0 Å². The summed E-state index contributed by atoms with van der Waals surface area (Å²) in [6, 6.07) is 0. The van der Waals surface area contributed by atoms with Crippen molar-refractivity contribution in [1.29, 1.82) is 0 Å². The monoisotopic (exact) mass is 157 g/mol. The first-order valence-corrected chi connectivity index (χ1v) is 2.70. The summed E-state index contributed by atoms with van der Waals surface area (Å²) in [5.41, 5.74) is 0. The molecule has 0 unspecified atom stereocenters. The predicted molar refractivity (Wildman–Crippen MR) is 35.4 cm³/mol. The second-order valence-corrected chi connectivity index (χ2v) is 1.52. The molecular weight excluding hydrogens is 150 g/mol. The standard InChI is InChI=1S/C4H3NO2.C2H4O2/c6-3-1-2-4(7)5-3;1-4-2-3/h1-2H,(H,5,6,7);2H,1H3. The van der Waals surface area contributed by atoms with Crippen LogP contribution in [0.1, 0.15) is 0 Å². The molecule has 0 spiro atoms. The summed E-state index contributed by atoms with van der Waals surface area (Å²) in [6.45, 7) is 0.375. The molecule has 5 heteroatoms. The van der Waals surface area contributed by atoms with Crippen LogP contribution in [0.2, 0.25) is 0 Å². The molecule has 0 saturated heterocycles. The SMILES string of the molecule is COC=O.O=C1C=CC(=O)N1. The van der Waals surface area contributed by atoms with Crippen LogP contribution in [0.25, 0.3) is 0 Å². The Hall–Kier alpha value is -1.65. The minimum absolute atomic E-state index is 0.329. The Morgan fingerprint density at radius 1 is 1.36 bits per heavy atom. The Labute approximate surface area is 63.0 Å². The summed E-state index contributed by atoms with van der Waals surface area (Å²) in [7, 11) is 1.31. The maximum atomic E-state index is 10.0. The van der Waals surface area contributed by atoms with E-state index in [0.717, 1.165) is 0 Å². The van der Waals surface area contributed by atoms with Crippen LogP contribution in [-0.4, -0.2) is 25.4 Å². The zero-order valence-corrected chi connectivity index (χ0v) is 5.87. The molecule has 1 aliphatic heterocycles. The maximum Gasteiger partial charge on any atom is 0.292 e. The fourth-order valence-electron chi connectivity index (χ4n) is 0.356. The largest absolute Gasteiger partial charge is 0.471 e. The van der Waals surface area contributed by atoms with Gasteiger partial charge in [-0.1, -0.05) is 0 Å². The summed E-state index contributed by atoms with van der Waals surface area (Å²) in [5.74, 6) is -0.657. The van der Waals surface area contributed by atoms with Gasteiger partial charge in [-0.15, -0.1) is 0 Å². The van der Waals surface area contributed by atoms with Gasteiger partial charge in [0.25, 0.3) is 18.3 Å². The first-order valence-electron chi connectivity index (χ1n) is 2.70. The van der Waals surface area contributed by atoms with E-state index in [-0.39, 0.29) is 11.8 Å². The van der Waals surface area contributed by atoms with Crippen molar-refractivity contribution in [1.82, 2.24) is 5.32 Å². The number of methoxy groups -OCH3 is 1. The lowest BCUT2D eigenvalue weighted by Gasteiger charge is -1.80. The molecule has 0 atom stereocenters. The fraction of sp³-hybridized carbons (Fsp3) is 0.167. The van der Waals surface area contributed by atoms with Gasteiger partial charge in [-0.05, 0) is 0 Å². The van der Waals surface area contributed by atoms with Crippen LogP contribution in [0.5, 0.6) is 0 Å². The topological polar surface area (TPSA) is 72.5 Å². The first kappa shape index (κ1) is 9.35. The Bertz CT molecular complexity index is 181. The number of nitrogens with one attached hydrogen (secondary N) is 1. The van der Waals surface area contributed by atoms with Gasteiger partial charge in [0.05, 0.1) is 7.11 Å². The maximum absolute atomic E-state index is 10.0. The number of carbonyl (C=O) groups excluding carboxylic acids is 3. The average Bonchev–Trinajstić information content (AvgIpc) is 2.35. The zero-order chi connectivity index (χ0) is 8.69. The normalized spacial score (nSPS) is 13.2. The highest BCUT2D eigenvalue weighted by Crippen LogP contribution is 1.82. The van der Waals surface area contributed by atoms with Crippen LogP contribution in [0, 0.1) is 0 Å². The third-order valence-electron chi connectivity index (χ3n) is 0.729. The van der Waals surface area contributed by atoms with E-state index in [1.54, 1.807) is 0 Å². The molecule has 2 amide bonds. The molecule has 0 aliphatic carbocycles. The van der Waals surface area contributed by atoms with Gasteiger partial charge in [0.2, 0.25) is 0 Å². The molecule has 5 nitrogen and oxygen atoms in total. The van der Waals surface area contributed by atoms with Gasteiger partial charge >= 0.3 is 0 Å². The van der Waals surface area contributed by atoms with Crippen molar-refractivity contribution < 1.29 is 19.1 Å². The van der Waals surface area contributed by atoms with Gasteiger partial charge in [0.1, 0.15) is 0 Å². The molecule has 0 saturated carbocycles. The molecule has 0 aromatic rings. The van der Waals surface area contributed by atoms with Crippen LogP contribution in [0.4, 0.5) is 0 Å². The summed E-state index contributed by atoms with van der Waals surface area (Å²) >= 11 is 0. The summed E-state index contributed by atoms with van der Waals surface area (Å²) in [4.78, 5) is 29.0. The van der Waals surface area contributed by atoms with Gasteiger partial charge < -0.3 is 4.74 Å². The van der Waals surface area contributed by atoms with E-state index in [0.29, 0.717) is 6.47 Å². The minimum Gasteiger partial charge on any atom is -0.471 e. The van der Waals surface area contributed by atoms with Crippen molar-refractivity contribution in [2.75, 3.05) is 7.11 Å². The van der Waals surface area contributed by atoms with Crippen molar-refractivity contribution in [3.8, 4) is 0 Å². The van der Waals surface area contributed by atoms with Gasteiger partial charge in [0, 0.05) is 12.2 Å². The Morgan fingerprint density at radius 3 is 1.82 bits per heavy atom. The smallest absolute Gasteiger partial charge is 0.292 e. The molecule has 60 valence electrons. The Morgan fingerprint density at radius 2 is 1.73 bits per heavy atom. The van der Waals surface area contributed by atoms with Gasteiger partial charge in [0.15, 0.2) is 0 Å². The van der Waals surface area contributed by atoms with Crippen LogP contribution in [0.15, 0.2) is 12.2 Å². The molecular formula is C6H7NO4. The van der Waals surface area contributed by atoms with Crippen LogP contribution in [0.3, 0.4) is 0 Å². The number of hydrogen-bond donors (Lipinski definition) is 1. The third kappa shape index (κ3) is 4.83. The molecule has 1 aliphatic rings. The van der Waals surface area contributed by atoms with Gasteiger partial charge in [-0.3, -0.25) is 19.7 Å². The van der Waals surface area contributed by atoms with Crippen molar-refractivity contribution in [3.05, 3.63) is 12.2 Å². The van der Waals surface area contributed by atoms with E-state index < -0.39 is 0 Å². The van der Waals surface area contributed by atoms with Crippen molar-refractivity contribution >= 4 is 18.3 Å². The summed E-state index contributed by atoms with van der Waals surface area (Å²) < 4.78 is 3.86. The van der Waals surface area contributed by atoms with Crippen molar-refractivity contribution in [3.63, 3.8) is 0 Å². The second kappa shape index (κ2) is 5.16. The lowest BCUT2D eigenvalue weighted by molar-refractivity contribution is -0.126. The number of imide groups is 1.